The molecule has 0 radical (unpaired) electrons. The molecule has 2 aliphatic carbocycles. The van der Waals surface area contributed by atoms with Gasteiger partial charge in [-0.1, -0.05) is 26.8 Å². The molecule has 2 bridgehead atoms. The van der Waals surface area contributed by atoms with E-state index in [1.165, 1.54) is 0 Å². The Kier molecular flexibility index (Phi) is 4.24. The van der Waals surface area contributed by atoms with Gasteiger partial charge in [0.05, 0.1) is 18.8 Å². The lowest BCUT2D eigenvalue weighted by Crippen LogP contribution is -2.67. The number of esters is 2. The third kappa shape index (κ3) is 2.80. The number of rotatable bonds is 5. The van der Waals surface area contributed by atoms with Gasteiger partial charge in [0.15, 0.2) is 0 Å². The van der Waals surface area contributed by atoms with Crippen molar-refractivity contribution in [2.45, 2.75) is 83.5 Å². The lowest BCUT2D eigenvalue weighted by molar-refractivity contribution is -0.239. The quantitative estimate of drug-likeness (QED) is 0.289. The zero-order valence-electron chi connectivity index (χ0n) is 20.7. The van der Waals surface area contributed by atoms with E-state index in [9.17, 15) is 19.8 Å². The molecule has 0 amide bonds. The number of fused-ring (bicyclic) bond motifs is 2. The molecule has 8 heteroatoms. The van der Waals surface area contributed by atoms with Crippen LogP contribution in [0.15, 0.2) is 11.6 Å². The maximum Gasteiger partial charge on any atom is 0.306 e. The molecule has 30 heavy (non-hydrogen) atoms. The molecule has 2 saturated heterocycles. The highest BCUT2D eigenvalue weighted by Crippen LogP contribution is 2.71. The van der Waals surface area contributed by atoms with Crippen molar-refractivity contribution < 1.29 is 42.9 Å². The van der Waals surface area contributed by atoms with Crippen LogP contribution in [0, 0.1) is 16.7 Å². The van der Waals surface area contributed by atoms with Gasteiger partial charge in [-0.3, -0.25) is 9.59 Å². The van der Waals surface area contributed by atoms with Gasteiger partial charge in [-0.25, -0.2) is 0 Å². The number of aliphatic hydroxyl groups excluding tert-OH is 2. The van der Waals surface area contributed by atoms with Gasteiger partial charge in [0.1, 0.15) is 30.5 Å². The monoisotopic (exact) mass is 429 g/mol. The average molecular weight is 429 g/mol. The molecule has 2 N–H and O–H groups in total. The van der Waals surface area contributed by atoms with Crippen molar-refractivity contribution in [2.24, 2.45) is 16.7 Å². The van der Waals surface area contributed by atoms with E-state index in [4.69, 9.17) is 23.1 Å². The van der Waals surface area contributed by atoms with Gasteiger partial charge in [0.2, 0.25) is 0 Å². The molecular weight excluding hydrogens is 394 g/mol. The summed E-state index contributed by atoms with van der Waals surface area (Å²) >= 11 is 0. The summed E-state index contributed by atoms with van der Waals surface area (Å²) in [5.74, 6) is -1.67. The summed E-state index contributed by atoms with van der Waals surface area (Å²) in [5.41, 5.74) is -2.66. The maximum absolute atomic E-state index is 12.5. The first kappa shape index (κ1) is 18.1. The number of carbonyl (C=O) groups excluding carboxylic acids is 2. The van der Waals surface area contributed by atoms with E-state index in [-0.39, 0.29) is 31.3 Å². The minimum absolute atomic E-state index is 0.0959. The highest BCUT2D eigenvalue weighted by atomic mass is 16.7. The molecule has 2 aliphatic heterocycles. The first-order valence-corrected chi connectivity index (χ1v) is 10.4. The van der Waals surface area contributed by atoms with Crippen LogP contribution in [0.3, 0.4) is 0 Å². The van der Waals surface area contributed by atoms with Crippen LogP contribution < -0.4 is 0 Å². The Bertz CT molecular complexity index is 866. The fraction of sp³-hybridized carbons (Fsp3) is 0.818. The van der Waals surface area contributed by atoms with Gasteiger partial charge in [0.25, 0.3) is 0 Å². The van der Waals surface area contributed by atoms with Crippen LogP contribution in [0.2, 0.25) is 0 Å². The third-order valence-electron chi connectivity index (χ3n) is 7.67. The molecular formula is C22H32O8. The standard InChI is InChI=1S/C22H32O8/c1-11(2)6-16(24)29-14-8-21(9-27-13(4)23)15(7-12(14)3)30-19-17(25)18(26)20(21,5)22(19)10-28-22/h7,11,14-15,17-19,25-26H,6,8-10H2,1-5H3/t14-,15+,17+,18+,19+,20+,21+,22-/m0/s1/i4+1D3,13+1. The van der Waals surface area contributed by atoms with Crippen LogP contribution in [0.1, 0.15) is 51.5 Å². The van der Waals surface area contributed by atoms with Crippen LogP contribution in [0.5, 0.6) is 0 Å². The van der Waals surface area contributed by atoms with Crippen LogP contribution in [-0.2, 0) is 28.5 Å². The third-order valence-corrected chi connectivity index (χ3v) is 7.67. The second kappa shape index (κ2) is 7.02. The highest BCUT2D eigenvalue weighted by Gasteiger charge is 2.85. The van der Waals surface area contributed by atoms with Crippen LogP contribution >= 0.6 is 0 Å². The molecule has 3 fully saturated rings. The van der Waals surface area contributed by atoms with E-state index in [2.05, 4.69) is 0 Å². The Morgan fingerprint density at radius 1 is 1.40 bits per heavy atom. The zero-order chi connectivity index (χ0) is 24.6. The van der Waals surface area contributed by atoms with Crippen molar-refractivity contribution in [2.75, 3.05) is 13.2 Å². The van der Waals surface area contributed by atoms with Crippen LogP contribution in [0.4, 0.5) is 0 Å². The topological polar surface area (TPSA) is 115 Å². The van der Waals surface area contributed by atoms with Crippen LogP contribution in [0.25, 0.3) is 0 Å². The van der Waals surface area contributed by atoms with Gasteiger partial charge < -0.3 is 29.2 Å². The molecule has 168 valence electrons. The van der Waals surface area contributed by atoms with E-state index < -0.39 is 66.4 Å². The van der Waals surface area contributed by atoms with Crippen molar-refractivity contribution in [3.05, 3.63) is 11.6 Å². The van der Waals surface area contributed by atoms with Crippen molar-refractivity contribution >= 4 is 11.9 Å². The largest absolute Gasteiger partial charge is 0.465 e. The molecule has 1 saturated carbocycles. The predicted molar refractivity (Wildman–Crippen MR) is 104 cm³/mol. The molecule has 4 aliphatic rings. The summed E-state index contributed by atoms with van der Waals surface area (Å²) in [7, 11) is 0. The Labute approximate surface area is 180 Å². The normalized spacial score (nSPS) is 48.3. The summed E-state index contributed by atoms with van der Waals surface area (Å²) in [6.45, 7) is 4.20. The number of epoxide rings is 1. The Morgan fingerprint density at radius 3 is 2.70 bits per heavy atom. The minimum Gasteiger partial charge on any atom is -0.465 e. The summed E-state index contributed by atoms with van der Waals surface area (Å²) in [4.78, 5) is 24.7. The molecule has 0 aromatic carbocycles. The molecule has 0 unspecified atom stereocenters. The summed E-state index contributed by atoms with van der Waals surface area (Å²) in [5, 5.41) is 22.0. The second-order valence-corrected chi connectivity index (χ2v) is 9.72. The fourth-order valence-electron chi connectivity index (χ4n) is 5.89. The lowest BCUT2D eigenvalue weighted by Gasteiger charge is -2.58. The lowest BCUT2D eigenvalue weighted by atomic mass is 9.51. The first-order chi connectivity index (χ1) is 15.2. The number of ether oxygens (including phenoxy) is 4. The van der Waals surface area contributed by atoms with Crippen molar-refractivity contribution in [3.8, 4) is 0 Å². The van der Waals surface area contributed by atoms with Crippen molar-refractivity contribution in [1.82, 2.24) is 0 Å². The number of hydrogen-bond donors (Lipinski definition) is 2. The minimum atomic E-state index is -2.96. The van der Waals surface area contributed by atoms with E-state index in [1.54, 1.807) is 19.9 Å². The molecule has 4 rings (SSSR count). The first-order valence-electron chi connectivity index (χ1n) is 11.9. The number of carbonyl (C=O) groups is 2. The molecule has 0 aromatic heterocycles. The predicted octanol–water partition coefficient (Wildman–Crippen LogP) is 1.12. The molecule has 0 aromatic rings. The molecule has 8 nitrogen and oxygen atoms in total. The SMILES string of the molecule is [2H][13C]([2H])([2H])[13C](=O)OC[C@]12C[C@H](OC(=O)CC(C)C)C(C)=C[C@H]1O[C@@H]1[C@H](O)[C@@H](O)[C@@]2(C)[C@]12CO2. The smallest absolute Gasteiger partial charge is 0.306 e. The number of hydrogen-bond acceptors (Lipinski definition) is 8. The van der Waals surface area contributed by atoms with E-state index in [0.717, 1.165) is 5.57 Å². The fourth-order valence-corrected chi connectivity index (χ4v) is 5.89. The van der Waals surface area contributed by atoms with Crippen molar-refractivity contribution in [1.29, 1.82) is 0 Å². The van der Waals surface area contributed by atoms with Crippen molar-refractivity contribution in [3.63, 3.8) is 0 Å². The molecule has 2 heterocycles. The van der Waals surface area contributed by atoms with E-state index >= 15 is 0 Å². The summed E-state index contributed by atoms with van der Waals surface area (Å²) < 4.78 is 45.1. The second-order valence-electron chi connectivity index (χ2n) is 9.72. The zero-order valence-corrected chi connectivity index (χ0v) is 17.7. The van der Waals surface area contributed by atoms with E-state index in [0.29, 0.717) is 0 Å². The van der Waals surface area contributed by atoms with Gasteiger partial charge in [0, 0.05) is 34.6 Å². The van der Waals surface area contributed by atoms with Gasteiger partial charge in [-0.05, 0) is 18.4 Å². The summed E-state index contributed by atoms with van der Waals surface area (Å²) in [6, 6.07) is 0. The Morgan fingerprint density at radius 2 is 2.10 bits per heavy atom. The maximum atomic E-state index is 12.5. The summed E-state index contributed by atoms with van der Waals surface area (Å²) in [6.07, 6.45) is -2.66. The number of aliphatic hydroxyl groups is 2. The van der Waals surface area contributed by atoms with Crippen LogP contribution in [-0.4, -0.2) is 71.5 Å². The van der Waals surface area contributed by atoms with Gasteiger partial charge >= 0.3 is 11.9 Å². The van der Waals surface area contributed by atoms with Gasteiger partial charge in [-0.2, -0.15) is 0 Å². The molecule has 8 atom stereocenters. The average Bonchev–Trinajstić information content (AvgIpc) is 3.48. The van der Waals surface area contributed by atoms with Gasteiger partial charge in [-0.15, -0.1) is 0 Å². The Balaban J connectivity index is 1.74. The Hall–Kier alpha value is -1.48. The highest BCUT2D eigenvalue weighted by molar-refractivity contribution is 5.70. The molecule has 1 spiro atoms. The van der Waals surface area contributed by atoms with E-state index in [1.807, 2.05) is 13.8 Å².